The summed E-state index contributed by atoms with van der Waals surface area (Å²) in [7, 11) is 0. The first kappa shape index (κ1) is 21.8. The van der Waals surface area contributed by atoms with Gasteiger partial charge in [-0.15, -0.1) is 0 Å². The van der Waals surface area contributed by atoms with Gasteiger partial charge in [0.15, 0.2) is 0 Å². The second-order valence-electron chi connectivity index (χ2n) is 8.29. The van der Waals surface area contributed by atoms with Gasteiger partial charge >= 0.3 is 0 Å². The highest BCUT2D eigenvalue weighted by Crippen LogP contribution is 2.23. The van der Waals surface area contributed by atoms with Gasteiger partial charge in [0.2, 0.25) is 11.8 Å². The highest BCUT2D eigenvalue weighted by molar-refractivity contribution is 5.79. The molecular formula is C23H35N3O3. The highest BCUT2D eigenvalue weighted by atomic mass is 16.5. The zero-order chi connectivity index (χ0) is 20.5. The highest BCUT2D eigenvalue weighted by Gasteiger charge is 2.33. The Hall–Kier alpha value is -1.92. The first-order valence-electron chi connectivity index (χ1n) is 11.1. The lowest BCUT2D eigenvalue weighted by atomic mass is 10.00. The van der Waals surface area contributed by atoms with Crippen molar-refractivity contribution in [1.29, 1.82) is 0 Å². The average molecular weight is 402 g/mol. The van der Waals surface area contributed by atoms with Gasteiger partial charge in [0.25, 0.3) is 0 Å². The van der Waals surface area contributed by atoms with Gasteiger partial charge in [0.1, 0.15) is 0 Å². The van der Waals surface area contributed by atoms with Crippen LogP contribution in [0.3, 0.4) is 0 Å². The van der Waals surface area contributed by atoms with Gasteiger partial charge in [-0.3, -0.25) is 14.5 Å². The molecule has 6 nitrogen and oxygen atoms in total. The molecule has 1 aromatic carbocycles. The molecule has 0 spiro atoms. The Morgan fingerprint density at radius 1 is 1.07 bits per heavy atom. The summed E-state index contributed by atoms with van der Waals surface area (Å²) in [5.74, 6) is 0.197. The Morgan fingerprint density at radius 3 is 2.55 bits per heavy atom. The van der Waals surface area contributed by atoms with Crippen molar-refractivity contribution in [2.45, 2.75) is 57.5 Å². The quantitative estimate of drug-likeness (QED) is 0.734. The fraction of sp³-hybridized carbons (Fsp3) is 0.652. The molecule has 2 fully saturated rings. The first-order valence-corrected chi connectivity index (χ1v) is 11.1. The van der Waals surface area contributed by atoms with Gasteiger partial charge in [0, 0.05) is 44.9 Å². The van der Waals surface area contributed by atoms with Crippen LogP contribution in [0.15, 0.2) is 30.3 Å². The predicted octanol–water partition coefficient (Wildman–Crippen LogP) is 2.13. The molecule has 3 rings (SSSR count). The Kier molecular flexibility index (Phi) is 8.50. The number of nitrogens with zero attached hydrogens (tertiary/aromatic N) is 1. The molecule has 2 aliphatic rings. The molecule has 1 aromatic rings. The largest absolute Gasteiger partial charge is 0.381 e. The molecule has 2 heterocycles. The van der Waals surface area contributed by atoms with Crippen molar-refractivity contribution in [2.24, 2.45) is 5.92 Å². The molecule has 6 heteroatoms. The zero-order valence-corrected chi connectivity index (χ0v) is 17.6. The van der Waals surface area contributed by atoms with Gasteiger partial charge in [-0.25, -0.2) is 0 Å². The van der Waals surface area contributed by atoms with E-state index >= 15 is 0 Å². The lowest BCUT2D eigenvalue weighted by Crippen LogP contribution is -2.49. The number of hydrogen-bond donors (Lipinski definition) is 2. The average Bonchev–Trinajstić information content (AvgIpc) is 2.96. The molecular weight excluding hydrogens is 366 g/mol. The minimum absolute atomic E-state index is 0.0135. The van der Waals surface area contributed by atoms with Crippen molar-refractivity contribution in [3.05, 3.63) is 35.9 Å². The molecule has 0 bridgehead atoms. The molecule has 2 amide bonds. The lowest BCUT2D eigenvalue weighted by Gasteiger charge is -2.36. The summed E-state index contributed by atoms with van der Waals surface area (Å²) in [6.07, 6.45) is 4.98. The van der Waals surface area contributed by atoms with E-state index in [4.69, 9.17) is 4.74 Å². The van der Waals surface area contributed by atoms with E-state index in [2.05, 4.69) is 22.5 Å². The third-order valence-electron chi connectivity index (χ3n) is 5.97. The maximum atomic E-state index is 12.7. The summed E-state index contributed by atoms with van der Waals surface area (Å²) in [5.41, 5.74) is 1.02. The number of carbonyl (C=O) groups excluding carboxylic acids is 2. The van der Waals surface area contributed by atoms with Gasteiger partial charge in [0.05, 0.1) is 12.3 Å². The molecule has 0 aromatic heterocycles. The van der Waals surface area contributed by atoms with E-state index in [-0.39, 0.29) is 23.8 Å². The summed E-state index contributed by atoms with van der Waals surface area (Å²) in [5, 5.41) is 6.30. The van der Waals surface area contributed by atoms with Crippen LogP contribution in [0.25, 0.3) is 0 Å². The third kappa shape index (κ3) is 6.82. The monoisotopic (exact) mass is 401 g/mol. The number of rotatable bonds is 7. The normalized spacial score (nSPS) is 23.9. The summed E-state index contributed by atoms with van der Waals surface area (Å²) < 4.78 is 5.53. The van der Waals surface area contributed by atoms with E-state index in [9.17, 15) is 9.59 Å². The van der Waals surface area contributed by atoms with E-state index in [0.717, 1.165) is 70.5 Å². The summed E-state index contributed by atoms with van der Waals surface area (Å²) in [6, 6.07) is 10.4. The number of likely N-dealkylation sites (tertiary alicyclic amines) is 1. The zero-order valence-electron chi connectivity index (χ0n) is 17.6. The van der Waals surface area contributed by atoms with Crippen molar-refractivity contribution in [3.63, 3.8) is 0 Å². The maximum absolute atomic E-state index is 12.7. The van der Waals surface area contributed by atoms with Gasteiger partial charge in [-0.2, -0.15) is 0 Å². The Bertz CT molecular complexity index is 646. The Morgan fingerprint density at radius 2 is 1.83 bits per heavy atom. The third-order valence-corrected chi connectivity index (χ3v) is 5.97. The minimum atomic E-state index is -0.0135. The summed E-state index contributed by atoms with van der Waals surface area (Å²) >= 11 is 0. The van der Waals surface area contributed by atoms with Crippen LogP contribution < -0.4 is 10.6 Å². The van der Waals surface area contributed by atoms with Crippen LogP contribution in [-0.4, -0.2) is 61.6 Å². The fourth-order valence-corrected chi connectivity index (χ4v) is 4.36. The van der Waals surface area contributed by atoms with Crippen molar-refractivity contribution in [3.8, 4) is 0 Å². The molecule has 2 aliphatic heterocycles. The Balaban J connectivity index is 1.62. The molecule has 2 N–H and O–H groups in total. The molecule has 0 saturated carbocycles. The van der Waals surface area contributed by atoms with Crippen molar-refractivity contribution in [2.75, 3.05) is 32.8 Å². The number of nitrogens with one attached hydrogen (secondary N) is 2. The van der Waals surface area contributed by atoms with E-state index in [0.29, 0.717) is 12.5 Å². The number of ether oxygens (including phenoxy) is 1. The number of carbonyl (C=O) groups is 2. The van der Waals surface area contributed by atoms with Crippen LogP contribution in [0.2, 0.25) is 0 Å². The fourth-order valence-electron chi connectivity index (χ4n) is 4.36. The van der Waals surface area contributed by atoms with Crippen LogP contribution in [0.1, 0.15) is 44.6 Å². The second kappa shape index (κ2) is 11.3. The number of amides is 2. The van der Waals surface area contributed by atoms with Crippen molar-refractivity contribution < 1.29 is 14.3 Å². The maximum Gasteiger partial charge on any atom is 0.224 e. The van der Waals surface area contributed by atoms with Crippen LogP contribution in [0, 0.1) is 5.92 Å². The summed E-state index contributed by atoms with van der Waals surface area (Å²) in [4.78, 5) is 27.7. The molecule has 29 heavy (non-hydrogen) atoms. The first-order chi connectivity index (χ1) is 14.2. The second-order valence-corrected chi connectivity index (χ2v) is 8.29. The van der Waals surface area contributed by atoms with E-state index < -0.39 is 0 Å². The predicted molar refractivity (Wildman–Crippen MR) is 114 cm³/mol. The van der Waals surface area contributed by atoms with Crippen LogP contribution in [0.5, 0.6) is 0 Å². The number of benzene rings is 1. The van der Waals surface area contributed by atoms with Crippen LogP contribution in [-0.2, 0) is 20.7 Å². The molecule has 160 valence electrons. The van der Waals surface area contributed by atoms with Crippen LogP contribution >= 0.6 is 0 Å². The molecule has 2 saturated heterocycles. The van der Waals surface area contributed by atoms with Gasteiger partial charge < -0.3 is 15.4 Å². The van der Waals surface area contributed by atoms with Crippen LogP contribution in [0.4, 0.5) is 0 Å². The lowest BCUT2D eigenvalue weighted by molar-refractivity contribution is -0.126. The molecule has 0 unspecified atom stereocenters. The summed E-state index contributed by atoms with van der Waals surface area (Å²) in [6.45, 7) is 5.93. The molecule has 0 aliphatic carbocycles. The molecule has 0 radical (unpaired) electrons. The van der Waals surface area contributed by atoms with Crippen molar-refractivity contribution in [1.82, 2.24) is 15.5 Å². The SMILES string of the molecule is CCCNC(=O)[C@@H]1CC[C@H](NC(=O)Cc2ccccc2)CN(C2CCOCC2)C1. The Labute approximate surface area is 174 Å². The van der Waals surface area contributed by atoms with Gasteiger partial charge in [-0.05, 0) is 37.7 Å². The van der Waals surface area contributed by atoms with E-state index in [1.165, 1.54) is 0 Å². The molecule has 2 atom stereocenters. The standard InChI is InChI=1S/C23H35N3O3/c1-2-12-24-23(28)19-8-9-20(17-26(16-19)21-10-13-29-14-11-21)25-22(27)15-18-6-4-3-5-7-18/h3-7,19-21H,2,8-17H2,1H3,(H,24,28)(H,25,27)/t19-,20+/m1/s1. The van der Waals surface area contributed by atoms with E-state index in [1.54, 1.807) is 0 Å². The van der Waals surface area contributed by atoms with E-state index in [1.807, 2.05) is 30.3 Å². The number of hydrogen-bond acceptors (Lipinski definition) is 4. The smallest absolute Gasteiger partial charge is 0.224 e. The van der Waals surface area contributed by atoms with Crippen molar-refractivity contribution >= 4 is 11.8 Å². The van der Waals surface area contributed by atoms with Gasteiger partial charge in [-0.1, -0.05) is 37.3 Å². The minimum Gasteiger partial charge on any atom is -0.381 e. The topological polar surface area (TPSA) is 70.7 Å².